The van der Waals surface area contributed by atoms with Crippen molar-refractivity contribution in [1.29, 1.82) is 0 Å². The summed E-state index contributed by atoms with van der Waals surface area (Å²) < 4.78 is 0. The third-order valence-corrected chi connectivity index (χ3v) is 4.60. The highest BCUT2D eigenvalue weighted by molar-refractivity contribution is 5.94. The minimum Gasteiger partial charge on any atom is -0.321 e. The van der Waals surface area contributed by atoms with Crippen LogP contribution in [0.1, 0.15) is 30.5 Å². The van der Waals surface area contributed by atoms with E-state index in [-0.39, 0.29) is 23.9 Å². The molecule has 1 amide bonds. The first-order chi connectivity index (χ1) is 12.4. The van der Waals surface area contributed by atoms with E-state index in [1.54, 1.807) is 4.90 Å². The van der Waals surface area contributed by atoms with Crippen LogP contribution in [-0.4, -0.2) is 10.9 Å². The lowest BCUT2D eigenvalue weighted by molar-refractivity contribution is -0.121. The summed E-state index contributed by atoms with van der Waals surface area (Å²) in [5.41, 5.74) is 4.24. The predicted octanol–water partition coefficient (Wildman–Crippen LogP) is 4.33. The Bertz CT molecular complexity index is 1000. The van der Waals surface area contributed by atoms with E-state index >= 15 is 0 Å². The molecule has 4 heteroatoms. The topological polar surface area (TPSA) is 53.2 Å². The molecule has 2 aromatic carbocycles. The highest BCUT2D eigenvalue weighted by Crippen LogP contribution is 2.21. The molecule has 0 aliphatic rings. The first-order valence-electron chi connectivity index (χ1n) is 8.86. The Morgan fingerprint density at radius 3 is 2.42 bits per heavy atom. The van der Waals surface area contributed by atoms with Gasteiger partial charge >= 0.3 is 0 Å². The molecule has 0 unspecified atom stereocenters. The number of nitrogens with zero attached hydrogens (tertiary/aromatic N) is 1. The van der Waals surface area contributed by atoms with Gasteiger partial charge in [-0.3, -0.25) is 9.59 Å². The molecule has 0 aliphatic heterocycles. The number of amides is 1. The number of benzene rings is 2. The normalized spacial score (nSPS) is 11.1. The van der Waals surface area contributed by atoms with E-state index < -0.39 is 0 Å². The molecular formula is C22H24N2O2. The number of carbonyl (C=O) groups excluding carboxylic acids is 1. The third-order valence-electron chi connectivity index (χ3n) is 4.60. The van der Waals surface area contributed by atoms with E-state index in [9.17, 15) is 9.59 Å². The highest BCUT2D eigenvalue weighted by atomic mass is 16.2. The quantitative estimate of drug-likeness (QED) is 0.763. The second-order valence-electron chi connectivity index (χ2n) is 7.08. The van der Waals surface area contributed by atoms with Crippen molar-refractivity contribution in [3.8, 4) is 0 Å². The van der Waals surface area contributed by atoms with Gasteiger partial charge in [0.2, 0.25) is 5.91 Å². The van der Waals surface area contributed by atoms with Crippen LogP contribution in [0.25, 0.3) is 10.9 Å². The van der Waals surface area contributed by atoms with Gasteiger partial charge in [-0.05, 0) is 43.0 Å². The van der Waals surface area contributed by atoms with Crippen molar-refractivity contribution in [2.75, 3.05) is 4.90 Å². The Hall–Kier alpha value is -2.88. The summed E-state index contributed by atoms with van der Waals surface area (Å²) in [6, 6.07) is 15.6. The van der Waals surface area contributed by atoms with Crippen LogP contribution in [-0.2, 0) is 11.3 Å². The summed E-state index contributed by atoms with van der Waals surface area (Å²) in [7, 11) is 0. The molecule has 134 valence electrons. The van der Waals surface area contributed by atoms with Crippen LogP contribution in [0.2, 0.25) is 0 Å². The molecule has 4 nitrogen and oxygen atoms in total. The largest absolute Gasteiger partial charge is 0.321 e. The fraction of sp³-hybridized carbons (Fsp3) is 0.273. The maximum absolute atomic E-state index is 12.8. The predicted molar refractivity (Wildman–Crippen MR) is 107 cm³/mol. The van der Waals surface area contributed by atoms with Crippen LogP contribution >= 0.6 is 0 Å². The number of aromatic nitrogens is 1. The molecule has 1 heterocycles. The molecule has 0 radical (unpaired) electrons. The van der Waals surface area contributed by atoms with Crippen LogP contribution in [0.3, 0.4) is 0 Å². The van der Waals surface area contributed by atoms with Crippen molar-refractivity contribution >= 4 is 22.5 Å². The number of fused-ring (bicyclic) bond motifs is 1. The summed E-state index contributed by atoms with van der Waals surface area (Å²) in [5, 5.41) is 0.973. The summed E-state index contributed by atoms with van der Waals surface area (Å²) in [4.78, 5) is 30.0. The molecule has 0 atom stereocenters. The SMILES string of the molecule is Cc1ccc(N(Cc2cc3cccc(C)c3[nH]c2=O)C(=O)C(C)C)cc1. The Kier molecular flexibility index (Phi) is 4.94. The lowest BCUT2D eigenvalue weighted by Gasteiger charge is -2.25. The minimum atomic E-state index is -0.155. The van der Waals surface area contributed by atoms with E-state index in [0.29, 0.717) is 5.56 Å². The summed E-state index contributed by atoms with van der Waals surface area (Å²) in [6.45, 7) is 7.97. The smallest absolute Gasteiger partial charge is 0.253 e. The Labute approximate surface area is 153 Å². The molecule has 0 bridgehead atoms. The van der Waals surface area contributed by atoms with Gasteiger partial charge in [-0.2, -0.15) is 0 Å². The molecule has 0 saturated carbocycles. The molecule has 1 N–H and O–H groups in total. The van der Waals surface area contributed by atoms with Crippen molar-refractivity contribution in [2.24, 2.45) is 5.92 Å². The average molecular weight is 348 g/mol. The molecule has 0 fully saturated rings. The fourth-order valence-electron chi connectivity index (χ4n) is 3.05. The zero-order valence-electron chi connectivity index (χ0n) is 15.7. The molecular weight excluding hydrogens is 324 g/mol. The Balaban J connectivity index is 2.05. The van der Waals surface area contributed by atoms with E-state index in [2.05, 4.69) is 4.98 Å². The van der Waals surface area contributed by atoms with Crippen molar-refractivity contribution in [1.82, 2.24) is 4.98 Å². The number of anilines is 1. The van der Waals surface area contributed by atoms with Crippen molar-refractivity contribution in [2.45, 2.75) is 34.2 Å². The second kappa shape index (κ2) is 7.16. The number of para-hydroxylation sites is 1. The number of aryl methyl sites for hydroxylation is 2. The highest BCUT2D eigenvalue weighted by Gasteiger charge is 2.20. The summed E-state index contributed by atoms with van der Waals surface area (Å²) in [6.07, 6.45) is 0. The number of H-pyrrole nitrogens is 1. The van der Waals surface area contributed by atoms with Gasteiger partial charge < -0.3 is 9.88 Å². The molecule has 0 spiro atoms. The molecule has 26 heavy (non-hydrogen) atoms. The number of hydrogen-bond donors (Lipinski definition) is 1. The van der Waals surface area contributed by atoms with Crippen LogP contribution in [0.15, 0.2) is 53.3 Å². The van der Waals surface area contributed by atoms with Crippen LogP contribution in [0.5, 0.6) is 0 Å². The lowest BCUT2D eigenvalue weighted by atomic mass is 10.1. The Morgan fingerprint density at radius 1 is 1.08 bits per heavy atom. The number of pyridine rings is 1. The van der Waals surface area contributed by atoms with Crippen LogP contribution < -0.4 is 10.5 Å². The first-order valence-corrected chi connectivity index (χ1v) is 8.86. The molecule has 0 aliphatic carbocycles. The fourth-order valence-corrected chi connectivity index (χ4v) is 3.05. The monoisotopic (exact) mass is 348 g/mol. The zero-order valence-corrected chi connectivity index (χ0v) is 15.7. The second-order valence-corrected chi connectivity index (χ2v) is 7.08. The van der Waals surface area contributed by atoms with Gasteiger partial charge in [0.25, 0.3) is 5.56 Å². The standard InChI is InChI=1S/C22H24N2O2/c1-14(2)22(26)24(19-10-8-15(3)9-11-19)13-18-12-17-7-5-6-16(4)20(17)23-21(18)25/h5-12,14H,13H2,1-4H3,(H,23,25). The van der Waals surface area contributed by atoms with Gasteiger partial charge in [0.1, 0.15) is 0 Å². The minimum absolute atomic E-state index is 0.00223. The maximum atomic E-state index is 12.8. The first kappa shape index (κ1) is 17.9. The Morgan fingerprint density at radius 2 is 1.77 bits per heavy atom. The number of carbonyl (C=O) groups is 1. The lowest BCUT2D eigenvalue weighted by Crippen LogP contribution is -2.35. The van der Waals surface area contributed by atoms with Crippen molar-refractivity contribution in [3.05, 3.63) is 75.6 Å². The van der Waals surface area contributed by atoms with E-state index in [1.165, 1.54) is 0 Å². The summed E-state index contributed by atoms with van der Waals surface area (Å²) in [5.74, 6) is -0.157. The maximum Gasteiger partial charge on any atom is 0.253 e. The third kappa shape index (κ3) is 3.54. The molecule has 1 aromatic heterocycles. The van der Waals surface area contributed by atoms with Gasteiger partial charge in [0, 0.05) is 17.2 Å². The van der Waals surface area contributed by atoms with Crippen molar-refractivity contribution < 1.29 is 4.79 Å². The number of aromatic amines is 1. The van der Waals surface area contributed by atoms with Gasteiger partial charge in [0.05, 0.1) is 12.1 Å². The van der Waals surface area contributed by atoms with E-state index in [1.807, 2.05) is 76.2 Å². The number of rotatable bonds is 4. The van der Waals surface area contributed by atoms with Gasteiger partial charge in [-0.25, -0.2) is 0 Å². The van der Waals surface area contributed by atoms with Crippen LogP contribution in [0, 0.1) is 19.8 Å². The van der Waals surface area contributed by atoms with Gasteiger partial charge in [0.15, 0.2) is 0 Å². The van der Waals surface area contributed by atoms with E-state index in [0.717, 1.165) is 27.7 Å². The average Bonchev–Trinajstić information content (AvgIpc) is 2.61. The van der Waals surface area contributed by atoms with Crippen molar-refractivity contribution in [3.63, 3.8) is 0 Å². The van der Waals surface area contributed by atoms with Gasteiger partial charge in [-0.15, -0.1) is 0 Å². The zero-order chi connectivity index (χ0) is 18.8. The molecule has 0 saturated heterocycles. The molecule has 3 aromatic rings. The molecule has 3 rings (SSSR count). The van der Waals surface area contributed by atoms with Crippen LogP contribution in [0.4, 0.5) is 5.69 Å². The number of hydrogen-bond acceptors (Lipinski definition) is 2. The van der Waals surface area contributed by atoms with E-state index in [4.69, 9.17) is 0 Å². The summed E-state index contributed by atoms with van der Waals surface area (Å²) >= 11 is 0. The van der Waals surface area contributed by atoms with Gasteiger partial charge in [-0.1, -0.05) is 49.7 Å². The number of nitrogens with one attached hydrogen (secondary N) is 1.